The smallest absolute Gasteiger partial charge is 0.324 e. The molecule has 1 heterocycles. The highest BCUT2D eigenvalue weighted by Gasteiger charge is 2.28. The van der Waals surface area contributed by atoms with Crippen molar-refractivity contribution in [2.75, 3.05) is 29.9 Å². The fraction of sp³-hybridized carbons (Fsp3) is 0.300. The zero-order valence-electron chi connectivity index (χ0n) is 15.5. The molecule has 8 heteroatoms. The number of amides is 4. The molecule has 0 spiro atoms. The van der Waals surface area contributed by atoms with Crippen LogP contribution in [-0.4, -0.2) is 36.6 Å². The third-order valence-corrected chi connectivity index (χ3v) is 4.39. The summed E-state index contributed by atoms with van der Waals surface area (Å²) in [6.07, 6.45) is 0.693. The highest BCUT2D eigenvalue weighted by atomic mass is 19.1. The van der Waals surface area contributed by atoms with Gasteiger partial charge in [0.1, 0.15) is 11.6 Å². The van der Waals surface area contributed by atoms with Gasteiger partial charge in [0.05, 0.1) is 11.4 Å². The zero-order valence-corrected chi connectivity index (χ0v) is 15.5. The summed E-state index contributed by atoms with van der Waals surface area (Å²) in [6, 6.07) is 9.65. The first-order chi connectivity index (χ1) is 13.5. The van der Waals surface area contributed by atoms with Crippen molar-refractivity contribution in [2.24, 2.45) is 0 Å². The quantitative estimate of drug-likeness (QED) is 0.815. The highest BCUT2D eigenvalue weighted by molar-refractivity contribution is 6.00. The largest absolute Gasteiger partial charge is 0.338 e. The molecular weight excluding hydrogens is 366 g/mol. The molecule has 0 saturated carbocycles. The first-order valence-electron chi connectivity index (χ1n) is 9.13. The molecular formula is C20H22F2N4O2. The number of nitrogens with one attached hydrogen (secondary N) is 2. The molecule has 2 N–H and O–H groups in total. The van der Waals surface area contributed by atoms with Gasteiger partial charge in [0.15, 0.2) is 0 Å². The molecule has 1 aliphatic rings. The fourth-order valence-corrected chi connectivity index (χ4v) is 3.22. The maximum Gasteiger partial charge on any atom is 0.324 e. The summed E-state index contributed by atoms with van der Waals surface area (Å²) < 4.78 is 26.9. The van der Waals surface area contributed by atoms with Crippen molar-refractivity contribution in [1.29, 1.82) is 0 Å². The van der Waals surface area contributed by atoms with Crippen LogP contribution in [0.25, 0.3) is 0 Å². The number of hydrogen-bond acceptors (Lipinski definition) is 2. The molecule has 2 aromatic rings. The maximum absolute atomic E-state index is 13.5. The number of nitrogens with zero attached hydrogens (tertiary/aromatic N) is 2. The van der Waals surface area contributed by atoms with Crippen molar-refractivity contribution < 1.29 is 18.4 Å². The van der Waals surface area contributed by atoms with Gasteiger partial charge < -0.3 is 15.5 Å². The molecule has 0 atom stereocenters. The van der Waals surface area contributed by atoms with Crippen molar-refractivity contribution in [1.82, 2.24) is 10.2 Å². The van der Waals surface area contributed by atoms with Crippen LogP contribution in [0.4, 0.5) is 29.7 Å². The lowest BCUT2D eigenvalue weighted by Gasteiger charge is -2.36. The second kappa shape index (κ2) is 8.69. The molecule has 148 valence electrons. The number of halogens is 2. The van der Waals surface area contributed by atoms with Crippen LogP contribution in [0.15, 0.2) is 42.5 Å². The second-order valence-electron chi connectivity index (χ2n) is 6.49. The number of hydrogen-bond donors (Lipinski definition) is 2. The molecule has 28 heavy (non-hydrogen) atoms. The molecule has 4 amide bonds. The Morgan fingerprint density at radius 3 is 2.54 bits per heavy atom. The van der Waals surface area contributed by atoms with Gasteiger partial charge in [-0.3, -0.25) is 4.90 Å². The standard InChI is InChI=1S/C20H22F2N4O2/c1-2-23-19(27)24-17-6-3-4-7-18(17)26-9-5-8-25(20(26)28)13-14-10-15(21)12-16(22)11-14/h3-4,6-7,10-12H,2,5,8-9,13H2,1H3,(H2,23,24,27). The average molecular weight is 388 g/mol. The van der Waals surface area contributed by atoms with Gasteiger partial charge in [-0.05, 0) is 43.2 Å². The van der Waals surface area contributed by atoms with Crippen LogP contribution < -0.4 is 15.5 Å². The van der Waals surface area contributed by atoms with E-state index in [2.05, 4.69) is 10.6 Å². The lowest BCUT2D eigenvalue weighted by atomic mass is 10.1. The normalized spacial score (nSPS) is 14.2. The average Bonchev–Trinajstić information content (AvgIpc) is 2.63. The van der Waals surface area contributed by atoms with Crippen molar-refractivity contribution in [3.63, 3.8) is 0 Å². The van der Waals surface area contributed by atoms with E-state index in [0.717, 1.165) is 6.07 Å². The van der Waals surface area contributed by atoms with Gasteiger partial charge in [-0.1, -0.05) is 12.1 Å². The fourth-order valence-electron chi connectivity index (χ4n) is 3.22. The molecule has 6 nitrogen and oxygen atoms in total. The van der Waals surface area contributed by atoms with E-state index in [1.807, 2.05) is 6.92 Å². The predicted octanol–water partition coefficient (Wildman–Crippen LogP) is 3.94. The van der Waals surface area contributed by atoms with Crippen molar-refractivity contribution in [3.8, 4) is 0 Å². The summed E-state index contributed by atoms with van der Waals surface area (Å²) in [5.74, 6) is -1.35. The van der Waals surface area contributed by atoms with Crippen LogP contribution in [0.5, 0.6) is 0 Å². The van der Waals surface area contributed by atoms with Gasteiger partial charge in [-0.2, -0.15) is 0 Å². The summed E-state index contributed by atoms with van der Waals surface area (Å²) in [5, 5.41) is 5.40. The van der Waals surface area contributed by atoms with E-state index >= 15 is 0 Å². The lowest BCUT2D eigenvalue weighted by molar-refractivity contribution is 0.192. The van der Waals surface area contributed by atoms with Crippen LogP contribution in [0.3, 0.4) is 0 Å². The molecule has 0 bridgehead atoms. The van der Waals surface area contributed by atoms with E-state index in [1.165, 1.54) is 12.1 Å². The number of benzene rings is 2. The lowest BCUT2D eigenvalue weighted by Crippen LogP contribution is -2.49. The van der Waals surface area contributed by atoms with Gasteiger partial charge in [0.2, 0.25) is 0 Å². The Kier molecular flexibility index (Phi) is 6.08. The number of anilines is 2. The van der Waals surface area contributed by atoms with Crippen LogP contribution in [0.2, 0.25) is 0 Å². The first-order valence-corrected chi connectivity index (χ1v) is 9.13. The van der Waals surface area contributed by atoms with E-state index < -0.39 is 11.6 Å². The minimum absolute atomic E-state index is 0.107. The van der Waals surface area contributed by atoms with Gasteiger partial charge in [-0.15, -0.1) is 0 Å². The van der Waals surface area contributed by atoms with Crippen LogP contribution in [-0.2, 0) is 6.54 Å². The molecule has 3 rings (SSSR count). The monoisotopic (exact) mass is 388 g/mol. The molecule has 0 aromatic heterocycles. The SMILES string of the molecule is CCNC(=O)Nc1ccccc1N1CCCN(Cc2cc(F)cc(F)c2)C1=O. The highest BCUT2D eigenvalue weighted by Crippen LogP contribution is 2.29. The van der Waals surface area contributed by atoms with E-state index in [9.17, 15) is 18.4 Å². The van der Waals surface area contributed by atoms with Crippen molar-refractivity contribution in [3.05, 3.63) is 59.7 Å². The van der Waals surface area contributed by atoms with Crippen molar-refractivity contribution >= 4 is 23.4 Å². The Hall–Kier alpha value is -3.16. The Bertz CT molecular complexity index is 855. The Labute approximate surface area is 162 Å². The van der Waals surface area contributed by atoms with Gasteiger partial charge in [0, 0.05) is 32.2 Å². The van der Waals surface area contributed by atoms with Gasteiger partial charge in [0.25, 0.3) is 0 Å². The van der Waals surface area contributed by atoms with Crippen LogP contribution in [0.1, 0.15) is 18.9 Å². The van der Waals surface area contributed by atoms with Crippen LogP contribution >= 0.6 is 0 Å². The summed E-state index contributed by atoms with van der Waals surface area (Å²) in [7, 11) is 0. The van der Waals surface area contributed by atoms with Gasteiger partial charge in [-0.25, -0.2) is 18.4 Å². The number of rotatable bonds is 5. The Balaban J connectivity index is 1.80. The van der Waals surface area contributed by atoms with E-state index in [-0.39, 0.29) is 18.6 Å². The number of urea groups is 2. The summed E-state index contributed by atoms with van der Waals surface area (Å²) >= 11 is 0. The second-order valence-corrected chi connectivity index (χ2v) is 6.49. The topological polar surface area (TPSA) is 64.7 Å². The summed E-state index contributed by atoms with van der Waals surface area (Å²) in [5.41, 5.74) is 1.48. The minimum atomic E-state index is -0.673. The number of carbonyl (C=O) groups is 2. The minimum Gasteiger partial charge on any atom is -0.338 e. The zero-order chi connectivity index (χ0) is 20.1. The molecule has 1 fully saturated rings. The number of para-hydroxylation sites is 2. The van der Waals surface area contributed by atoms with Crippen molar-refractivity contribution in [2.45, 2.75) is 19.9 Å². The summed E-state index contributed by atoms with van der Waals surface area (Å²) in [6.45, 7) is 3.37. The number of carbonyl (C=O) groups excluding carboxylic acids is 2. The van der Waals surface area contributed by atoms with E-state index in [0.29, 0.717) is 43.0 Å². The molecule has 2 aromatic carbocycles. The molecule has 1 aliphatic heterocycles. The first kappa shape index (κ1) is 19.6. The predicted molar refractivity (Wildman–Crippen MR) is 103 cm³/mol. The molecule has 0 radical (unpaired) electrons. The molecule has 0 aliphatic carbocycles. The molecule has 1 saturated heterocycles. The van der Waals surface area contributed by atoms with Gasteiger partial charge >= 0.3 is 12.1 Å². The van der Waals surface area contributed by atoms with E-state index in [4.69, 9.17) is 0 Å². The van der Waals surface area contributed by atoms with E-state index in [1.54, 1.807) is 34.1 Å². The third-order valence-electron chi connectivity index (χ3n) is 4.39. The Morgan fingerprint density at radius 1 is 1.11 bits per heavy atom. The van der Waals surface area contributed by atoms with Crippen LogP contribution in [0, 0.1) is 11.6 Å². The third kappa shape index (κ3) is 4.57. The maximum atomic E-state index is 13.5. The summed E-state index contributed by atoms with van der Waals surface area (Å²) in [4.78, 5) is 28.0. The molecule has 0 unspecified atom stereocenters. The Morgan fingerprint density at radius 2 is 1.82 bits per heavy atom.